The van der Waals surface area contributed by atoms with Gasteiger partial charge in [-0.15, -0.1) is 0 Å². The van der Waals surface area contributed by atoms with E-state index in [0.717, 1.165) is 32.6 Å². The maximum absolute atomic E-state index is 12.8. The lowest BCUT2D eigenvalue weighted by Gasteiger charge is -2.11. The lowest BCUT2D eigenvalue weighted by Crippen LogP contribution is -2.07. The molecule has 0 bridgehead atoms. The van der Waals surface area contributed by atoms with Crippen molar-refractivity contribution in [2.75, 3.05) is 19.0 Å². The van der Waals surface area contributed by atoms with E-state index in [1.165, 1.54) is 11.8 Å². The smallest absolute Gasteiger partial charge is 0.219 e. The van der Waals surface area contributed by atoms with Crippen LogP contribution in [-0.4, -0.2) is 24.9 Å². The summed E-state index contributed by atoms with van der Waals surface area (Å²) in [6.45, 7) is 0. The summed E-state index contributed by atoms with van der Waals surface area (Å²) in [5.41, 5.74) is 2.69. The molecule has 0 atom stereocenters. The number of anilines is 1. The number of hydrogen-bond acceptors (Lipinski definition) is 4. The molecule has 0 saturated heterocycles. The highest BCUT2D eigenvalue weighted by Crippen LogP contribution is 2.39. The SMILES string of the molecule is CN(C)c1ccc(N=C2Sc3ccc4ccccc4c3C2=O)cc1. The van der Waals surface area contributed by atoms with Gasteiger partial charge in [0.05, 0.1) is 5.69 Å². The van der Waals surface area contributed by atoms with E-state index in [1.54, 1.807) is 0 Å². The number of Topliss-reactive ketones (excluding diaryl/α,β-unsaturated/α-hetero) is 1. The van der Waals surface area contributed by atoms with E-state index in [-0.39, 0.29) is 5.78 Å². The van der Waals surface area contributed by atoms with Gasteiger partial charge >= 0.3 is 0 Å². The highest BCUT2D eigenvalue weighted by Gasteiger charge is 2.29. The predicted octanol–water partition coefficient (Wildman–Crippen LogP) is 4.92. The lowest BCUT2D eigenvalue weighted by molar-refractivity contribution is 0.107. The number of fused-ring (bicyclic) bond motifs is 3. The number of ketones is 1. The maximum atomic E-state index is 12.8. The highest BCUT2D eigenvalue weighted by atomic mass is 32.2. The Morgan fingerprint density at radius 2 is 1.67 bits per heavy atom. The van der Waals surface area contributed by atoms with Crippen molar-refractivity contribution >= 4 is 44.7 Å². The third-order valence-corrected chi connectivity index (χ3v) is 5.15. The van der Waals surface area contributed by atoms with Crippen molar-refractivity contribution in [1.82, 2.24) is 0 Å². The van der Waals surface area contributed by atoms with Crippen molar-refractivity contribution in [2.45, 2.75) is 4.90 Å². The number of hydrogen-bond donors (Lipinski definition) is 0. The number of carbonyl (C=O) groups is 1. The number of benzene rings is 3. The summed E-state index contributed by atoms with van der Waals surface area (Å²) in [6, 6.07) is 20.0. The molecule has 0 unspecified atom stereocenters. The van der Waals surface area contributed by atoms with Crippen LogP contribution in [0.2, 0.25) is 0 Å². The summed E-state index contributed by atoms with van der Waals surface area (Å²) < 4.78 is 0. The van der Waals surface area contributed by atoms with Crippen molar-refractivity contribution in [1.29, 1.82) is 0 Å². The molecule has 0 aromatic heterocycles. The van der Waals surface area contributed by atoms with Gasteiger partial charge in [-0.05, 0) is 41.1 Å². The van der Waals surface area contributed by atoms with E-state index in [2.05, 4.69) is 11.1 Å². The van der Waals surface area contributed by atoms with Gasteiger partial charge in [0.15, 0.2) is 0 Å². The van der Waals surface area contributed by atoms with Crippen molar-refractivity contribution < 1.29 is 4.79 Å². The molecule has 0 aliphatic carbocycles. The lowest BCUT2D eigenvalue weighted by atomic mass is 10.0. The number of carbonyl (C=O) groups excluding carboxylic acids is 1. The largest absolute Gasteiger partial charge is 0.378 e. The van der Waals surface area contributed by atoms with Gasteiger partial charge in [0, 0.05) is 30.2 Å². The molecular formula is C20H16N2OS. The summed E-state index contributed by atoms with van der Waals surface area (Å²) in [5, 5.41) is 2.63. The molecule has 0 saturated carbocycles. The van der Waals surface area contributed by atoms with Crippen LogP contribution in [-0.2, 0) is 0 Å². The van der Waals surface area contributed by atoms with E-state index >= 15 is 0 Å². The van der Waals surface area contributed by atoms with Gasteiger partial charge in [-0.25, -0.2) is 4.99 Å². The summed E-state index contributed by atoms with van der Waals surface area (Å²) in [4.78, 5) is 20.4. The Morgan fingerprint density at radius 3 is 2.42 bits per heavy atom. The normalized spacial score (nSPS) is 15.1. The second-order valence-corrected chi connectivity index (χ2v) is 6.95. The van der Waals surface area contributed by atoms with Gasteiger partial charge in [-0.3, -0.25) is 4.79 Å². The standard InChI is InChI=1S/C20H16N2OS/c1-22(2)15-10-8-14(9-11-15)21-20-19(23)18-16-6-4-3-5-13(16)7-12-17(18)24-20/h3-12H,1-2H3. The van der Waals surface area contributed by atoms with Gasteiger partial charge in [-0.1, -0.05) is 42.1 Å². The third kappa shape index (κ3) is 2.49. The Labute approximate surface area is 145 Å². The van der Waals surface area contributed by atoms with Crippen LogP contribution in [0.5, 0.6) is 0 Å². The Balaban J connectivity index is 1.73. The summed E-state index contributed by atoms with van der Waals surface area (Å²) >= 11 is 1.45. The molecule has 1 aliphatic heterocycles. The van der Waals surface area contributed by atoms with Crippen LogP contribution >= 0.6 is 11.8 Å². The molecule has 3 aromatic carbocycles. The van der Waals surface area contributed by atoms with Crippen LogP contribution < -0.4 is 4.90 Å². The molecule has 1 heterocycles. The molecule has 118 valence electrons. The molecule has 0 spiro atoms. The zero-order chi connectivity index (χ0) is 16.7. The van der Waals surface area contributed by atoms with Crippen LogP contribution in [0, 0.1) is 0 Å². The number of aliphatic imine (C=N–C) groups is 1. The molecule has 24 heavy (non-hydrogen) atoms. The zero-order valence-electron chi connectivity index (χ0n) is 13.5. The molecular weight excluding hydrogens is 316 g/mol. The van der Waals surface area contributed by atoms with Gasteiger partial charge in [-0.2, -0.15) is 0 Å². The van der Waals surface area contributed by atoms with Crippen molar-refractivity contribution in [3.8, 4) is 0 Å². The molecule has 0 N–H and O–H groups in total. The molecule has 0 fully saturated rings. The third-order valence-electron chi connectivity index (χ3n) is 4.12. The second kappa shape index (κ2) is 5.80. The van der Waals surface area contributed by atoms with Gasteiger partial charge < -0.3 is 4.90 Å². The fourth-order valence-corrected chi connectivity index (χ4v) is 3.84. The van der Waals surface area contributed by atoms with Crippen molar-refractivity contribution in [2.24, 2.45) is 4.99 Å². The first-order valence-electron chi connectivity index (χ1n) is 7.74. The molecule has 3 nitrogen and oxygen atoms in total. The first-order valence-corrected chi connectivity index (χ1v) is 8.55. The Hall–Kier alpha value is -2.59. The van der Waals surface area contributed by atoms with E-state index in [9.17, 15) is 4.79 Å². The first kappa shape index (κ1) is 15.0. The van der Waals surface area contributed by atoms with E-state index in [1.807, 2.05) is 73.6 Å². The minimum Gasteiger partial charge on any atom is -0.378 e. The maximum Gasteiger partial charge on any atom is 0.219 e. The number of thioether (sulfide) groups is 1. The molecule has 0 amide bonds. The minimum atomic E-state index is 0.0171. The molecule has 0 radical (unpaired) electrons. The Bertz CT molecular complexity index is 975. The summed E-state index contributed by atoms with van der Waals surface area (Å²) in [7, 11) is 4.00. The number of nitrogens with zero attached hydrogens (tertiary/aromatic N) is 2. The average Bonchev–Trinajstić information content (AvgIpc) is 2.92. The summed E-state index contributed by atoms with van der Waals surface area (Å²) in [5.74, 6) is 0.0171. The Kier molecular flexibility index (Phi) is 3.62. The summed E-state index contributed by atoms with van der Waals surface area (Å²) in [6.07, 6.45) is 0. The van der Waals surface area contributed by atoms with Crippen LogP contribution in [0.15, 0.2) is 70.6 Å². The molecule has 4 heteroatoms. The van der Waals surface area contributed by atoms with Crippen molar-refractivity contribution in [3.63, 3.8) is 0 Å². The van der Waals surface area contributed by atoms with E-state index in [0.29, 0.717) is 5.04 Å². The van der Waals surface area contributed by atoms with Crippen LogP contribution in [0.3, 0.4) is 0 Å². The molecule has 4 rings (SSSR count). The fourth-order valence-electron chi connectivity index (χ4n) is 2.84. The van der Waals surface area contributed by atoms with E-state index in [4.69, 9.17) is 0 Å². The predicted molar refractivity (Wildman–Crippen MR) is 102 cm³/mol. The Morgan fingerprint density at radius 1 is 0.917 bits per heavy atom. The second-order valence-electron chi connectivity index (χ2n) is 5.92. The van der Waals surface area contributed by atoms with Crippen LogP contribution in [0.1, 0.15) is 10.4 Å². The van der Waals surface area contributed by atoms with Gasteiger partial charge in [0.1, 0.15) is 5.04 Å². The van der Waals surface area contributed by atoms with Crippen molar-refractivity contribution in [3.05, 3.63) is 66.2 Å². The highest BCUT2D eigenvalue weighted by molar-refractivity contribution is 8.16. The molecule has 3 aromatic rings. The van der Waals surface area contributed by atoms with Gasteiger partial charge in [0.2, 0.25) is 5.78 Å². The molecule has 1 aliphatic rings. The minimum absolute atomic E-state index is 0.0171. The fraction of sp³-hybridized carbons (Fsp3) is 0.100. The number of rotatable bonds is 2. The van der Waals surface area contributed by atoms with Gasteiger partial charge in [0.25, 0.3) is 0 Å². The topological polar surface area (TPSA) is 32.7 Å². The van der Waals surface area contributed by atoms with Crippen LogP contribution in [0.25, 0.3) is 10.8 Å². The van der Waals surface area contributed by atoms with Crippen LogP contribution in [0.4, 0.5) is 11.4 Å². The quantitative estimate of drug-likeness (QED) is 0.667. The first-order chi connectivity index (χ1) is 11.6. The van der Waals surface area contributed by atoms with E-state index < -0.39 is 0 Å². The average molecular weight is 332 g/mol. The monoisotopic (exact) mass is 332 g/mol. The zero-order valence-corrected chi connectivity index (χ0v) is 14.3.